The van der Waals surface area contributed by atoms with Crippen molar-refractivity contribution in [2.45, 2.75) is 0 Å². The number of nitrogens with zero attached hydrogens (tertiary/aromatic N) is 1. The Labute approximate surface area is 24.1 Å². The maximum absolute atomic E-state index is 6.50. The van der Waals surface area contributed by atoms with Crippen LogP contribution in [-0.4, -0.2) is 11.0 Å². The summed E-state index contributed by atoms with van der Waals surface area (Å²) in [4.78, 5) is 0. The van der Waals surface area contributed by atoms with Crippen molar-refractivity contribution < 1.29 is 11.0 Å². The summed E-state index contributed by atoms with van der Waals surface area (Å²) in [5.41, 5.74) is 0. The van der Waals surface area contributed by atoms with Crippen LogP contribution in [0.5, 0.6) is 0 Å². The summed E-state index contributed by atoms with van der Waals surface area (Å²) in [5, 5.41) is 6.50. The quantitative estimate of drug-likeness (QED) is 0.399. The van der Waals surface area contributed by atoms with E-state index in [0.717, 1.165) is 0 Å². The number of hydrogen-bond donors (Lipinski definition) is 2. The molecule has 0 saturated heterocycles. The van der Waals surface area contributed by atoms with Crippen molar-refractivity contribution in [1.82, 2.24) is 0 Å². The minimum atomic E-state index is 0. The molecular formula is CH3NO2. The minimum absolute atomic E-state index is 0. The molecule has 0 aliphatic rings. The summed E-state index contributed by atoms with van der Waals surface area (Å²) in [5.74, 6) is 0. The molecule has 4 heavy (non-hydrogen) atoms. The molecule has 0 unspecified atom stereocenters. The van der Waals surface area contributed by atoms with Crippen LogP contribution in [0, 0.1) is 11.8 Å². The molecule has 0 fully saturated rings. The van der Waals surface area contributed by atoms with Crippen molar-refractivity contribution >= 4 is 0 Å². The van der Waals surface area contributed by atoms with Crippen molar-refractivity contribution in [2.24, 2.45) is 0 Å². The molecule has 3 heteroatoms. The first-order chi connectivity index (χ1) is 1.00. The van der Waals surface area contributed by atoms with E-state index in [0.29, 0.717) is 0 Å². The summed E-state index contributed by atoms with van der Waals surface area (Å²) in [6.45, 7) is 3.50. The van der Waals surface area contributed by atoms with Gasteiger partial charge in [-0.2, -0.15) is 0 Å². The largest absolute Gasteiger partial charge is 0.255 e. The van der Waals surface area contributed by atoms with Crippen molar-refractivity contribution in [3.8, 4) is 6.57 Å². The third kappa shape index (κ3) is 0.681. The lowest BCUT2D eigenvalue weighted by Crippen LogP contribution is -0.569. The van der Waals surface area contributed by atoms with Gasteiger partial charge in [0.05, 0.1) is 0 Å². The third-order valence-corrected chi connectivity index (χ3v) is 0. The van der Waals surface area contributed by atoms with Gasteiger partial charge in [0, 0.05) is 6.57 Å². The predicted molar refractivity (Wildman–Crippen MR) is 10.5 cm³/mol. The SMILES string of the molecule is C#N.[OH].[OH]. The zero-order valence-electron chi connectivity index (χ0n) is 1.92. The summed E-state index contributed by atoms with van der Waals surface area (Å²) in [6, 6.07) is 0. The summed E-state index contributed by atoms with van der Waals surface area (Å²) in [6.07, 6.45) is 0. The van der Waals surface area contributed by atoms with E-state index in [1.807, 2.05) is 0 Å². The Morgan fingerprint density at radius 1 is 1.00 bits per heavy atom. The number of hydrogen-bond acceptors (Lipinski definition) is 1. The molecular weight excluding hydrogens is 58.0 g/mol. The topological polar surface area (TPSA) is 83.8 Å². The molecule has 0 aliphatic carbocycles. The second-order valence-corrected chi connectivity index (χ2v) is 0. The highest BCUT2D eigenvalue weighted by atomic mass is 16.0. The van der Waals surface area contributed by atoms with Crippen LogP contribution >= 0.6 is 0 Å². The first-order valence-corrected chi connectivity index (χ1v) is 0.258. The zero-order valence-corrected chi connectivity index (χ0v) is 1.92. The molecule has 0 atom stereocenters. The average Bonchev–Trinajstić information content (AvgIpc) is 1.00. The van der Waals surface area contributed by atoms with Crippen molar-refractivity contribution in [3.63, 3.8) is 0 Å². The van der Waals surface area contributed by atoms with Crippen molar-refractivity contribution in [2.75, 3.05) is 0 Å². The molecule has 24 valence electrons. The average molecular weight is 61.0 g/mol. The van der Waals surface area contributed by atoms with Crippen molar-refractivity contribution in [1.29, 1.82) is 5.26 Å². The Morgan fingerprint density at radius 2 is 1.00 bits per heavy atom. The van der Waals surface area contributed by atoms with Crippen LogP contribution in [0.1, 0.15) is 0 Å². The molecule has 0 saturated carbocycles. The Bertz CT molecular complexity index is 10.8. The second kappa shape index (κ2) is 13.8. The van der Waals surface area contributed by atoms with E-state index < -0.39 is 0 Å². The van der Waals surface area contributed by atoms with E-state index in [9.17, 15) is 0 Å². The van der Waals surface area contributed by atoms with Gasteiger partial charge in [-0.15, -0.1) is 0 Å². The van der Waals surface area contributed by atoms with Crippen LogP contribution < -0.4 is 0 Å². The molecule has 0 amide bonds. The van der Waals surface area contributed by atoms with Crippen LogP contribution in [0.25, 0.3) is 0 Å². The monoisotopic (exact) mass is 61.0 g/mol. The van der Waals surface area contributed by atoms with Crippen LogP contribution in [-0.2, 0) is 0 Å². The zero-order chi connectivity index (χ0) is 2.00. The predicted octanol–water partition coefficient (Wildman–Crippen LogP) is -0.214. The Kier molecular flexibility index (Phi) is 405. The molecule has 0 aromatic carbocycles. The fourth-order valence-electron chi connectivity index (χ4n) is 0. The lowest BCUT2D eigenvalue weighted by molar-refractivity contribution is 0.823. The number of nitriles is 1. The standard InChI is InChI=1S/CHN.2HO/c1-2;;/h1H;2*1H. The summed E-state index contributed by atoms with van der Waals surface area (Å²) < 4.78 is 0. The molecule has 0 aromatic heterocycles. The van der Waals surface area contributed by atoms with Gasteiger partial charge >= 0.3 is 0 Å². The lowest BCUT2D eigenvalue weighted by atomic mass is 11.9. The molecule has 0 aromatic rings. The maximum Gasteiger partial charge on any atom is 0.0462 e. The van der Waals surface area contributed by atoms with Gasteiger partial charge < -0.3 is 0 Å². The number of rotatable bonds is 0. The molecule has 0 heterocycles. The van der Waals surface area contributed by atoms with Crippen LogP contribution in [0.4, 0.5) is 0 Å². The van der Waals surface area contributed by atoms with Gasteiger partial charge in [-0.1, -0.05) is 0 Å². The van der Waals surface area contributed by atoms with Crippen LogP contribution in [0.2, 0.25) is 0 Å². The normalized spacial score (nSPS) is 0.500. The molecule has 3 nitrogen and oxygen atoms in total. The minimum Gasteiger partial charge on any atom is -0.255 e. The van der Waals surface area contributed by atoms with E-state index >= 15 is 0 Å². The molecule has 0 spiro atoms. The van der Waals surface area contributed by atoms with E-state index in [4.69, 9.17) is 5.26 Å². The molecule has 2 radical (unpaired) electrons. The maximum atomic E-state index is 6.50. The van der Waals surface area contributed by atoms with E-state index in [1.165, 1.54) is 0 Å². The summed E-state index contributed by atoms with van der Waals surface area (Å²) >= 11 is 0. The highest BCUT2D eigenvalue weighted by molar-refractivity contribution is 4.03. The lowest BCUT2D eigenvalue weighted by Gasteiger charge is -0.668. The Balaban J connectivity index is -0.00000000500. The van der Waals surface area contributed by atoms with Gasteiger partial charge in [0.15, 0.2) is 0 Å². The first kappa shape index (κ1) is 118. The van der Waals surface area contributed by atoms with E-state index in [2.05, 4.69) is 6.57 Å². The van der Waals surface area contributed by atoms with Gasteiger partial charge in [-0.05, 0) is 0 Å². The second-order valence-electron chi connectivity index (χ2n) is 0. The van der Waals surface area contributed by atoms with Crippen LogP contribution in [0.15, 0.2) is 0 Å². The van der Waals surface area contributed by atoms with E-state index in [-0.39, 0.29) is 11.0 Å². The van der Waals surface area contributed by atoms with Gasteiger partial charge in [0.1, 0.15) is 0 Å². The van der Waals surface area contributed by atoms with Gasteiger partial charge in [-0.3, -0.25) is 11.0 Å². The molecule has 0 rings (SSSR count). The molecule has 2 N–H and O–H groups in total. The Morgan fingerprint density at radius 3 is 1.00 bits per heavy atom. The fourth-order valence-corrected chi connectivity index (χ4v) is 0. The van der Waals surface area contributed by atoms with E-state index in [1.54, 1.807) is 0 Å². The molecule has 0 bridgehead atoms. The summed E-state index contributed by atoms with van der Waals surface area (Å²) in [7, 11) is 0. The Hall–Kier alpha value is -0.590. The van der Waals surface area contributed by atoms with Crippen LogP contribution in [0.3, 0.4) is 0 Å². The third-order valence-electron chi connectivity index (χ3n) is 0. The van der Waals surface area contributed by atoms with Gasteiger partial charge in [-0.25, -0.2) is 5.26 Å². The fraction of sp³-hybridized carbons (Fsp3) is 0. The van der Waals surface area contributed by atoms with Gasteiger partial charge in [0.2, 0.25) is 0 Å². The highest BCUT2D eigenvalue weighted by Gasteiger charge is 0.513. The smallest absolute Gasteiger partial charge is 0.0462 e. The van der Waals surface area contributed by atoms with Crippen molar-refractivity contribution in [3.05, 3.63) is 0 Å². The molecule has 0 aliphatic heterocycles. The van der Waals surface area contributed by atoms with Gasteiger partial charge in [0.25, 0.3) is 0 Å². The first-order valence-electron chi connectivity index (χ1n) is 0.258. The highest BCUT2D eigenvalue weighted by Crippen LogP contribution is 0.586.